The van der Waals surface area contributed by atoms with Crippen LogP contribution in [-0.2, 0) is 9.53 Å². The van der Waals surface area contributed by atoms with Crippen LogP contribution >= 0.6 is 0 Å². The van der Waals surface area contributed by atoms with Crippen molar-refractivity contribution in [2.45, 2.75) is 40.5 Å². The molecule has 0 aliphatic rings. The van der Waals surface area contributed by atoms with E-state index in [0.29, 0.717) is 26.1 Å². The van der Waals surface area contributed by atoms with Crippen LogP contribution in [-0.4, -0.2) is 19.2 Å². The Kier molecular flexibility index (Phi) is 9.74. The van der Waals surface area contributed by atoms with E-state index in [9.17, 15) is 4.79 Å². The number of hydrogen-bond donors (Lipinski definition) is 0. The summed E-state index contributed by atoms with van der Waals surface area (Å²) in [6.07, 6.45) is 1.10. The molecule has 102 valence electrons. The Morgan fingerprint density at radius 1 is 1.17 bits per heavy atom. The Hall–Kier alpha value is -1.51. The normalized spacial score (nSPS) is 9.11. The van der Waals surface area contributed by atoms with Gasteiger partial charge in [-0.1, -0.05) is 31.5 Å². The highest BCUT2D eigenvalue weighted by Gasteiger charge is 2.01. The van der Waals surface area contributed by atoms with E-state index in [4.69, 9.17) is 9.47 Å². The maximum atomic E-state index is 11.0. The maximum Gasteiger partial charge on any atom is 0.305 e. The molecule has 3 heteroatoms. The topological polar surface area (TPSA) is 35.5 Å². The van der Waals surface area contributed by atoms with Crippen molar-refractivity contribution in [3.63, 3.8) is 0 Å². The molecule has 1 aromatic carbocycles. The summed E-state index contributed by atoms with van der Waals surface area (Å²) in [7, 11) is 0. The third kappa shape index (κ3) is 7.71. The average Bonchev–Trinajstić information content (AvgIpc) is 2.39. The number of esters is 1. The van der Waals surface area contributed by atoms with Crippen molar-refractivity contribution in [2.24, 2.45) is 0 Å². The van der Waals surface area contributed by atoms with Crippen LogP contribution in [0.25, 0.3) is 0 Å². The molecule has 0 aliphatic heterocycles. The Bertz CT molecular complexity index is 317. The maximum absolute atomic E-state index is 11.0. The van der Waals surface area contributed by atoms with Crippen LogP contribution < -0.4 is 4.74 Å². The summed E-state index contributed by atoms with van der Waals surface area (Å²) in [4.78, 5) is 11.0. The first kappa shape index (κ1) is 16.5. The first-order valence-electron chi connectivity index (χ1n) is 6.57. The Labute approximate surface area is 110 Å². The fraction of sp³-hybridized carbons (Fsp3) is 0.533. The molecule has 0 bridgehead atoms. The number of carbonyl (C=O) groups is 1. The summed E-state index contributed by atoms with van der Waals surface area (Å²) in [6.45, 7) is 8.82. The number of hydrogen-bond acceptors (Lipinski definition) is 3. The first-order chi connectivity index (χ1) is 8.72. The standard InChI is InChI=1S/C13H18O3.C2H6/c1-3-15-13(14)5-4-10-16-12-8-6-11(2)7-9-12;1-2/h6-9H,3-5,10H2,1-2H3;1-2H3. The SMILES string of the molecule is CC.CCOC(=O)CCCOc1ccc(C)cc1. The molecule has 0 spiro atoms. The molecular weight excluding hydrogens is 228 g/mol. The lowest BCUT2D eigenvalue weighted by molar-refractivity contribution is -0.143. The van der Waals surface area contributed by atoms with Crippen LogP contribution in [0.15, 0.2) is 24.3 Å². The number of carbonyl (C=O) groups excluding carboxylic acids is 1. The van der Waals surface area contributed by atoms with Gasteiger partial charge in [-0.05, 0) is 32.4 Å². The molecule has 1 rings (SSSR count). The summed E-state index contributed by atoms with van der Waals surface area (Å²) in [5, 5.41) is 0. The Balaban J connectivity index is 0.00000137. The van der Waals surface area contributed by atoms with Crippen LogP contribution in [0.2, 0.25) is 0 Å². The van der Waals surface area contributed by atoms with Crippen molar-refractivity contribution in [3.8, 4) is 5.75 Å². The summed E-state index contributed by atoms with van der Waals surface area (Å²) in [6, 6.07) is 7.86. The van der Waals surface area contributed by atoms with Crippen molar-refractivity contribution in [1.29, 1.82) is 0 Å². The molecule has 0 aromatic heterocycles. The van der Waals surface area contributed by atoms with Crippen LogP contribution in [0.4, 0.5) is 0 Å². The zero-order valence-electron chi connectivity index (χ0n) is 11.9. The zero-order valence-corrected chi connectivity index (χ0v) is 11.9. The van der Waals surface area contributed by atoms with Gasteiger partial charge in [0.15, 0.2) is 0 Å². The van der Waals surface area contributed by atoms with Crippen molar-refractivity contribution >= 4 is 5.97 Å². The van der Waals surface area contributed by atoms with Gasteiger partial charge in [0, 0.05) is 6.42 Å². The van der Waals surface area contributed by atoms with E-state index < -0.39 is 0 Å². The highest BCUT2D eigenvalue weighted by atomic mass is 16.5. The molecule has 0 atom stereocenters. The van der Waals surface area contributed by atoms with E-state index in [2.05, 4.69) is 0 Å². The van der Waals surface area contributed by atoms with Crippen LogP contribution in [0, 0.1) is 6.92 Å². The molecule has 0 saturated heterocycles. The van der Waals surface area contributed by atoms with E-state index >= 15 is 0 Å². The van der Waals surface area contributed by atoms with Crippen molar-refractivity contribution in [1.82, 2.24) is 0 Å². The van der Waals surface area contributed by atoms with Gasteiger partial charge in [-0.25, -0.2) is 0 Å². The molecule has 0 heterocycles. The second-order valence-corrected chi connectivity index (χ2v) is 3.57. The largest absolute Gasteiger partial charge is 0.494 e. The van der Waals surface area contributed by atoms with Crippen molar-refractivity contribution < 1.29 is 14.3 Å². The Morgan fingerprint density at radius 3 is 2.33 bits per heavy atom. The van der Waals surface area contributed by atoms with Gasteiger partial charge in [0.2, 0.25) is 0 Å². The predicted octanol–water partition coefficient (Wildman–Crippen LogP) is 3.74. The third-order valence-corrected chi connectivity index (χ3v) is 2.12. The Morgan fingerprint density at radius 2 is 1.78 bits per heavy atom. The lowest BCUT2D eigenvalue weighted by Crippen LogP contribution is -2.06. The summed E-state index contributed by atoms with van der Waals surface area (Å²) < 4.78 is 10.3. The lowest BCUT2D eigenvalue weighted by Gasteiger charge is -2.06. The van der Waals surface area contributed by atoms with Crippen LogP contribution in [0.1, 0.15) is 39.2 Å². The number of rotatable bonds is 6. The van der Waals surface area contributed by atoms with E-state index in [0.717, 1.165) is 5.75 Å². The van der Waals surface area contributed by atoms with Gasteiger partial charge in [-0.15, -0.1) is 0 Å². The number of aryl methyl sites for hydroxylation is 1. The minimum absolute atomic E-state index is 0.157. The van der Waals surface area contributed by atoms with Gasteiger partial charge in [-0.2, -0.15) is 0 Å². The molecule has 0 aliphatic carbocycles. The van der Waals surface area contributed by atoms with Gasteiger partial charge >= 0.3 is 5.97 Å². The second-order valence-electron chi connectivity index (χ2n) is 3.57. The molecular formula is C15H24O3. The van der Waals surface area contributed by atoms with E-state index in [-0.39, 0.29) is 5.97 Å². The van der Waals surface area contributed by atoms with Gasteiger partial charge < -0.3 is 9.47 Å². The first-order valence-corrected chi connectivity index (χ1v) is 6.57. The predicted molar refractivity (Wildman–Crippen MR) is 73.9 cm³/mol. The number of ether oxygens (including phenoxy) is 2. The average molecular weight is 252 g/mol. The monoisotopic (exact) mass is 252 g/mol. The minimum atomic E-state index is -0.157. The summed E-state index contributed by atoms with van der Waals surface area (Å²) in [5.41, 5.74) is 1.21. The molecule has 3 nitrogen and oxygen atoms in total. The smallest absolute Gasteiger partial charge is 0.305 e. The third-order valence-electron chi connectivity index (χ3n) is 2.12. The van der Waals surface area contributed by atoms with Crippen LogP contribution in [0.5, 0.6) is 5.75 Å². The fourth-order valence-corrected chi connectivity index (χ4v) is 1.27. The summed E-state index contributed by atoms with van der Waals surface area (Å²) in [5.74, 6) is 0.685. The van der Waals surface area contributed by atoms with Gasteiger partial charge in [0.25, 0.3) is 0 Å². The summed E-state index contributed by atoms with van der Waals surface area (Å²) >= 11 is 0. The van der Waals surface area contributed by atoms with Gasteiger partial charge in [-0.3, -0.25) is 4.79 Å². The van der Waals surface area contributed by atoms with E-state index in [1.165, 1.54) is 5.56 Å². The molecule has 0 amide bonds. The van der Waals surface area contributed by atoms with Gasteiger partial charge in [0.1, 0.15) is 5.75 Å². The molecule has 0 radical (unpaired) electrons. The second kappa shape index (κ2) is 10.6. The van der Waals surface area contributed by atoms with E-state index in [1.54, 1.807) is 6.92 Å². The minimum Gasteiger partial charge on any atom is -0.494 e. The quantitative estimate of drug-likeness (QED) is 0.571. The lowest BCUT2D eigenvalue weighted by atomic mass is 10.2. The number of benzene rings is 1. The molecule has 0 N–H and O–H groups in total. The molecule has 0 unspecified atom stereocenters. The molecule has 0 saturated carbocycles. The zero-order chi connectivity index (χ0) is 13.8. The molecule has 1 aromatic rings. The van der Waals surface area contributed by atoms with Crippen LogP contribution in [0.3, 0.4) is 0 Å². The fourth-order valence-electron chi connectivity index (χ4n) is 1.27. The molecule has 0 fully saturated rings. The highest BCUT2D eigenvalue weighted by Crippen LogP contribution is 2.11. The van der Waals surface area contributed by atoms with Crippen molar-refractivity contribution in [3.05, 3.63) is 29.8 Å². The van der Waals surface area contributed by atoms with E-state index in [1.807, 2.05) is 45.0 Å². The highest BCUT2D eigenvalue weighted by molar-refractivity contribution is 5.69. The van der Waals surface area contributed by atoms with Gasteiger partial charge in [0.05, 0.1) is 13.2 Å². The van der Waals surface area contributed by atoms with Crippen molar-refractivity contribution in [2.75, 3.05) is 13.2 Å². The molecule has 18 heavy (non-hydrogen) atoms.